The van der Waals surface area contributed by atoms with Crippen molar-refractivity contribution in [3.05, 3.63) is 46.9 Å². The predicted molar refractivity (Wildman–Crippen MR) is 52.4 cm³/mol. The smallest absolute Gasteiger partial charge is 0.264 e. The van der Waals surface area contributed by atoms with Crippen molar-refractivity contribution in [1.82, 2.24) is 15.2 Å². The molecule has 14 heavy (non-hydrogen) atoms. The Hall–Kier alpha value is -2.17. The first-order chi connectivity index (χ1) is 6.84. The third kappa shape index (κ3) is 1.95. The largest absolute Gasteiger partial charge is 0.324 e. The van der Waals surface area contributed by atoms with Gasteiger partial charge in [0.05, 0.1) is 0 Å². The lowest BCUT2D eigenvalue weighted by molar-refractivity contribution is 0.992. The van der Waals surface area contributed by atoms with Crippen LogP contribution in [0, 0.1) is 0 Å². The van der Waals surface area contributed by atoms with Crippen LogP contribution in [0.25, 0.3) is 0 Å². The summed E-state index contributed by atoms with van der Waals surface area (Å²) >= 11 is 0. The van der Waals surface area contributed by atoms with Crippen LogP contribution in [0.2, 0.25) is 0 Å². The van der Waals surface area contributed by atoms with E-state index in [1.54, 1.807) is 12.3 Å². The van der Waals surface area contributed by atoms with E-state index < -0.39 is 0 Å². The molecule has 0 bridgehead atoms. The third-order valence-corrected chi connectivity index (χ3v) is 1.60. The molecule has 5 heteroatoms. The fraction of sp³-hybridized carbons (Fsp3) is 0. The number of nitrogens with one attached hydrogen (secondary N) is 2. The van der Waals surface area contributed by atoms with Crippen molar-refractivity contribution >= 4 is 11.6 Å². The molecule has 0 amide bonds. The number of H-pyrrole nitrogens is 1. The first-order valence-corrected chi connectivity index (χ1v) is 4.08. The van der Waals surface area contributed by atoms with Crippen molar-refractivity contribution in [2.24, 2.45) is 0 Å². The second-order valence-electron chi connectivity index (χ2n) is 2.65. The average Bonchev–Trinajstić information content (AvgIpc) is 2.23. The molecule has 0 aliphatic heterocycles. The Kier molecular flexibility index (Phi) is 2.22. The van der Waals surface area contributed by atoms with Gasteiger partial charge in [0.15, 0.2) is 5.82 Å². The molecule has 2 rings (SSSR count). The summed E-state index contributed by atoms with van der Waals surface area (Å²) in [6.07, 6.45) is 1.67. The highest BCUT2D eigenvalue weighted by Gasteiger charge is 1.94. The Bertz CT molecular complexity index is 445. The van der Waals surface area contributed by atoms with Crippen LogP contribution >= 0.6 is 0 Å². The summed E-state index contributed by atoms with van der Waals surface area (Å²) in [6.45, 7) is 0. The number of hydrogen-bond donors (Lipinski definition) is 2. The number of aromatic nitrogens is 3. The molecule has 70 valence electrons. The number of hydrogen-bond acceptors (Lipinski definition) is 4. The quantitative estimate of drug-likeness (QED) is 0.734. The van der Waals surface area contributed by atoms with E-state index in [-0.39, 0.29) is 5.56 Å². The van der Waals surface area contributed by atoms with E-state index in [1.807, 2.05) is 18.2 Å². The minimum Gasteiger partial charge on any atom is -0.324 e. The Balaban J connectivity index is 2.19. The van der Waals surface area contributed by atoms with Crippen LogP contribution in [0.5, 0.6) is 0 Å². The van der Waals surface area contributed by atoms with E-state index >= 15 is 0 Å². The maximum atomic E-state index is 10.7. The van der Waals surface area contributed by atoms with E-state index in [2.05, 4.69) is 20.5 Å². The van der Waals surface area contributed by atoms with Crippen molar-refractivity contribution < 1.29 is 0 Å². The van der Waals surface area contributed by atoms with E-state index in [0.717, 1.165) is 0 Å². The maximum Gasteiger partial charge on any atom is 0.264 e. The third-order valence-electron chi connectivity index (χ3n) is 1.60. The van der Waals surface area contributed by atoms with E-state index in [1.165, 1.54) is 6.07 Å². The van der Waals surface area contributed by atoms with Crippen LogP contribution in [0.15, 0.2) is 41.3 Å². The molecule has 0 unspecified atom stereocenters. The monoisotopic (exact) mass is 188 g/mol. The van der Waals surface area contributed by atoms with E-state index in [9.17, 15) is 4.79 Å². The molecule has 0 saturated heterocycles. The molecule has 0 fully saturated rings. The summed E-state index contributed by atoms with van der Waals surface area (Å²) in [7, 11) is 0. The van der Waals surface area contributed by atoms with Crippen molar-refractivity contribution in [2.45, 2.75) is 0 Å². The fourth-order valence-corrected chi connectivity index (χ4v) is 0.982. The second kappa shape index (κ2) is 3.69. The molecular formula is C9H8N4O. The maximum absolute atomic E-state index is 10.7. The molecular weight excluding hydrogens is 180 g/mol. The molecule has 0 saturated carbocycles. The van der Waals surface area contributed by atoms with Crippen molar-refractivity contribution in [1.29, 1.82) is 0 Å². The highest BCUT2D eigenvalue weighted by Crippen LogP contribution is 2.07. The highest BCUT2D eigenvalue weighted by atomic mass is 16.1. The minimum absolute atomic E-state index is 0.225. The molecule has 2 heterocycles. The van der Waals surface area contributed by atoms with Crippen LogP contribution in [-0.2, 0) is 0 Å². The standard InChI is InChI=1S/C9H8N4O/c14-9-5-4-8(12-13-9)11-7-3-1-2-6-10-7/h1-6H,(H,13,14)(H,10,11,12). The Morgan fingerprint density at radius 1 is 1.14 bits per heavy atom. The topological polar surface area (TPSA) is 70.7 Å². The van der Waals surface area contributed by atoms with Gasteiger partial charge in [-0.1, -0.05) is 6.07 Å². The van der Waals surface area contributed by atoms with Gasteiger partial charge in [0.2, 0.25) is 0 Å². The molecule has 0 atom stereocenters. The summed E-state index contributed by atoms with van der Waals surface area (Å²) in [5.41, 5.74) is -0.225. The van der Waals surface area contributed by atoms with Crippen LogP contribution in [-0.4, -0.2) is 15.2 Å². The van der Waals surface area contributed by atoms with Gasteiger partial charge >= 0.3 is 0 Å². The van der Waals surface area contributed by atoms with Gasteiger partial charge in [-0.25, -0.2) is 10.1 Å². The predicted octanol–water partition coefficient (Wildman–Crippen LogP) is 0.908. The van der Waals surface area contributed by atoms with Gasteiger partial charge in [-0.05, 0) is 18.2 Å². The zero-order chi connectivity index (χ0) is 9.80. The van der Waals surface area contributed by atoms with Crippen LogP contribution in [0.1, 0.15) is 0 Å². The zero-order valence-corrected chi connectivity index (χ0v) is 7.27. The van der Waals surface area contributed by atoms with Crippen molar-refractivity contribution in [3.8, 4) is 0 Å². The van der Waals surface area contributed by atoms with Crippen LogP contribution < -0.4 is 10.9 Å². The van der Waals surface area contributed by atoms with Crippen molar-refractivity contribution in [2.75, 3.05) is 5.32 Å². The zero-order valence-electron chi connectivity index (χ0n) is 7.27. The van der Waals surface area contributed by atoms with Crippen LogP contribution in [0.3, 0.4) is 0 Å². The Morgan fingerprint density at radius 3 is 2.71 bits per heavy atom. The van der Waals surface area contributed by atoms with Crippen molar-refractivity contribution in [3.63, 3.8) is 0 Å². The lowest BCUT2D eigenvalue weighted by atomic mass is 10.4. The minimum atomic E-state index is -0.225. The number of anilines is 2. The Morgan fingerprint density at radius 2 is 2.07 bits per heavy atom. The normalized spacial score (nSPS) is 9.71. The van der Waals surface area contributed by atoms with Gasteiger partial charge in [0.1, 0.15) is 5.82 Å². The molecule has 2 N–H and O–H groups in total. The number of pyridine rings is 1. The van der Waals surface area contributed by atoms with Gasteiger partial charge in [-0.2, -0.15) is 5.10 Å². The summed E-state index contributed by atoms with van der Waals surface area (Å²) < 4.78 is 0. The molecule has 0 spiro atoms. The summed E-state index contributed by atoms with van der Waals surface area (Å²) in [4.78, 5) is 14.8. The number of nitrogens with zero attached hydrogens (tertiary/aromatic N) is 2. The van der Waals surface area contributed by atoms with Crippen LogP contribution in [0.4, 0.5) is 11.6 Å². The summed E-state index contributed by atoms with van der Waals surface area (Å²) in [5.74, 6) is 1.25. The molecule has 0 aliphatic rings. The van der Waals surface area contributed by atoms with Gasteiger partial charge in [0.25, 0.3) is 5.56 Å². The van der Waals surface area contributed by atoms with Gasteiger partial charge in [-0.15, -0.1) is 0 Å². The lowest BCUT2D eigenvalue weighted by Gasteiger charge is -2.01. The SMILES string of the molecule is O=c1ccc(Nc2ccccn2)n[nH]1. The first-order valence-electron chi connectivity index (χ1n) is 4.08. The molecule has 0 radical (unpaired) electrons. The molecule has 2 aromatic heterocycles. The molecule has 0 aromatic carbocycles. The second-order valence-corrected chi connectivity index (χ2v) is 2.65. The van der Waals surface area contributed by atoms with Gasteiger partial charge < -0.3 is 5.32 Å². The molecule has 2 aromatic rings. The molecule has 0 aliphatic carbocycles. The summed E-state index contributed by atoms with van der Waals surface area (Å²) in [6, 6.07) is 8.49. The van der Waals surface area contributed by atoms with E-state index in [0.29, 0.717) is 11.6 Å². The summed E-state index contributed by atoms with van der Waals surface area (Å²) in [5, 5.41) is 9.05. The average molecular weight is 188 g/mol. The van der Waals surface area contributed by atoms with E-state index in [4.69, 9.17) is 0 Å². The van der Waals surface area contributed by atoms with Gasteiger partial charge in [-0.3, -0.25) is 4.79 Å². The fourth-order valence-electron chi connectivity index (χ4n) is 0.982. The van der Waals surface area contributed by atoms with Gasteiger partial charge in [0, 0.05) is 12.3 Å². The number of rotatable bonds is 2. The Labute approximate surface area is 79.8 Å². The lowest BCUT2D eigenvalue weighted by Crippen LogP contribution is -2.07. The number of aromatic amines is 1. The first kappa shape index (κ1) is 8.43. The highest BCUT2D eigenvalue weighted by molar-refractivity contribution is 5.49. The molecule has 5 nitrogen and oxygen atoms in total.